The highest BCUT2D eigenvalue weighted by molar-refractivity contribution is 5.90. The summed E-state index contributed by atoms with van der Waals surface area (Å²) in [7, 11) is 0. The summed E-state index contributed by atoms with van der Waals surface area (Å²) in [6.45, 7) is 0. The first kappa shape index (κ1) is 8.80. The van der Waals surface area contributed by atoms with Gasteiger partial charge in [0.1, 0.15) is 0 Å². The largest absolute Gasteiger partial charge is 0.352 e. The van der Waals surface area contributed by atoms with Crippen molar-refractivity contribution in [3.63, 3.8) is 0 Å². The molecular weight excluding hydrogens is 198 g/mol. The lowest BCUT2D eigenvalue weighted by Crippen LogP contribution is -2.38. The van der Waals surface area contributed by atoms with E-state index < -0.39 is 0 Å². The molecule has 1 aromatic rings. The lowest BCUT2D eigenvalue weighted by Gasteiger charge is -2.13. The van der Waals surface area contributed by atoms with Crippen LogP contribution in [0.5, 0.6) is 0 Å². The standard InChI is InChI=1S/C14H15NO/c16-13(14-7-11(14)8-14)15-12-5-9-3-1-2-4-10(9)6-12/h1-4,11-12H,5-8H2,(H,15,16). The molecule has 1 N–H and O–H groups in total. The summed E-state index contributed by atoms with van der Waals surface area (Å²) in [5.41, 5.74) is 2.94. The van der Waals surface area contributed by atoms with Crippen molar-refractivity contribution in [2.24, 2.45) is 11.3 Å². The number of hydrogen-bond acceptors (Lipinski definition) is 1. The number of hydrogen-bond donors (Lipinski definition) is 1. The average molecular weight is 213 g/mol. The van der Waals surface area contributed by atoms with Gasteiger partial charge in [0.15, 0.2) is 0 Å². The molecule has 2 saturated carbocycles. The Hall–Kier alpha value is -1.31. The Morgan fingerprint density at radius 2 is 1.75 bits per heavy atom. The van der Waals surface area contributed by atoms with E-state index in [0.717, 1.165) is 31.6 Å². The van der Waals surface area contributed by atoms with Crippen molar-refractivity contribution >= 4 is 5.91 Å². The van der Waals surface area contributed by atoms with E-state index in [2.05, 4.69) is 29.6 Å². The van der Waals surface area contributed by atoms with E-state index >= 15 is 0 Å². The molecule has 4 rings (SSSR count). The first-order valence-electron chi connectivity index (χ1n) is 6.16. The third-order valence-electron chi connectivity index (χ3n) is 4.52. The van der Waals surface area contributed by atoms with E-state index in [9.17, 15) is 4.79 Å². The highest BCUT2D eigenvalue weighted by atomic mass is 16.2. The minimum atomic E-state index is 0.120. The van der Waals surface area contributed by atoms with Gasteiger partial charge in [-0.05, 0) is 42.7 Å². The van der Waals surface area contributed by atoms with Crippen LogP contribution in [0, 0.1) is 11.3 Å². The van der Waals surface area contributed by atoms with Gasteiger partial charge in [-0.3, -0.25) is 4.79 Å². The van der Waals surface area contributed by atoms with Gasteiger partial charge < -0.3 is 5.32 Å². The predicted octanol–water partition coefficient (Wildman–Crippen LogP) is 1.68. The number of amides is 1. The first-order chi connectivity index (χ1) is 7.78. The van der Waals surface area contributed by atoms with Crippen LogP contribution in [-0.4, -0.2) is 11.9 Å². The van der Waals surface area contributed by atoms with Crippen molar-refractivity contribution in [1.29, 1.82) is 0 Å². The minimum absolute atomic E-state index is 0.120. The number of carbonyl (C=O) groups excluding carboxylic acids is 1. The number of nitrogens with one attached hydrogen (secondary N) is 1. The van der Waals surface area contributed by atoms with Gasteiger partial charge in [-0.15, -0.1) is 0 Å². The summed E-state index contributed by atoms with van der Waals surface area (Å²) in [5, 5.41) is 3.23. The maximum absolute atomic E-state index is 12.0. The van der Waals surface area contributed by atoms with Gasteiger partial charge in [0.25, 0.3) is 0 Å². The molecule has 2 nitrogen and oxygen atoms in total. The fraction of sp³-hybridized carbons (Fsp3) is 0.500. The summed E-state index contributed by atoms with van der Waals surface area (Å²) >= 11 is 0. The Morgan fingerprint density at radius 3 is 2.25 bits per heavy atom. The second kappa shape index (κ2) is 2.68. The molecule has 16 heavy (non-hydrogen) atoms. The monoisotopic (exact) mass is 213 g/mol. The SMILES string of the molecule is O=C(NC1Cc2ccccc2C1)C12CC1C2. The molecule has 0 spiro atoms. The van der Waals surface area contributed by atoms with Crippen molar-refractivity contribution in [1.82, 2.24) is 5.32 Å². The molecule has 3 aliphatic carbocycles. The van der Waals surface area contributed by atoms with Crippen LogP contribution in [0.4, 0.5) is 0 Å². The predicted molar refractivity (Wildman–Crippen MR) is 60.9 cm³/mol. The fourth-order valence-electron chi connectivity index (χ4n) is 3.06. The average Bonchev–Trinajstić information content (AvgIpc) is 3.06. The van der Waals surface area contributed by atoms with Gasteiger partial charge in [0.2, 0.25) is 5.91 Å². The molecule has 2 fully saturated rings. The molecule has 3 aliphatic rings. The number of fused-ring (bicyclic) bond motifs is 2. The zero-order valence-corrected chi connectivity index (χ0v) is 9.20. The lowest BCUT2D eigenvalue weighted by atomic mass is 10.1. The molecule has 1 amide bonds. The summed E-state index contributed by atoms with van der Waals surface area (Å²) in [4.78, 5) is 12.0. The summed E-state index contributed by atoms with van der Waals surface area (Å²) < 4.78 is 0. The minimum Gasteiger partial charge on any atom is -0.352 e. The number of benzene rings is 1. The summed E-state index contributed by atoms with van der Waals surface area (Å²) in [5.74, 6) is 1.08. The third kappa shape index (κ3) is 1.10. The Labute approximate surface area is 95.0 Å². The Balaban J connectivity index is 1.46. The molecule has 0 aromatic heterocycles. The van der Waals surface area contributed by atoms with E-state index in [4.69, 9.17) is 0 Å². The van der Waals surface area contributed by atoms with E-state index in [1.807, 2.05) is 0 Å². The van der Waals surface area contributed by atoms with Crippen molar-refractivity contribution in [2.75, 3.05) is 0 Å². The van der Waals surface area contributed by atoms with Gasteiger partial charge in [-0.2, -0.15) is 0 Å². The van der Waals surface area contributed by atoms with Crippen LogP contribution in [0.1, 0.15) is 24.0 Å². The zero-order chi connectivity index (χ0) is 10.8. The summed E-state index contributed by atoms with van der Waals surface area (Å²) in [6.07, 6.45) is 4.34. The second-order valence-corrected chi connectivity index (χ2v) is 5.61. The lowest BCUT2D eigenvalue weighted by molar-refractivity contribution is -0.124. The van der Waals surface area contributed by atoms with Gasteiger partial charge in [-0.25, -0.2) is 0 Å². The van der Waals surface area contributed by atoms with E-state index in [0.29, 0.717) is 11.9 Å². The molecule has 0 atom stereocenters. The molecule has 0 aliphatic heterocycles. The molecule has 0 saturated heterocycles. The third-order valence-corrected chi connectivity index (χ3v) is 4.52. The van der Waals surface area contributed by atoms with Gasteiger partial charge in [0, 0.05) is 6.04 Å². The normalized spacial score (nSPS) is 34.1. The van der Waals surface area contributed by atoms with E-state index in [1.165, 1.54) is 11.1 Å². The van der Waals surface area contributed by atoms with Crippen LogP contribution in [0.3, 0.4) is 0 Å². The smallest absolute Gasteiger partial charge is 0.226 e. The van der Waals surface area contributed by atoms with Gasteiger partial charge in [-0.1, -0.05) is 24.3 Å². The molecular formula is C14H15NO. The van der Waals surface area contributed by atoms with Crippen LogP contribution in [-0.2, 0) is 17.6 Å². The van der Waals surface area contributed by atoms with Crippen LogP contribution in [0.25, 0.3) is 0 Å². The maximum Gasteiger partial charge on any atom is 0.226 e. The van der Waals surface area contributed by atoms with Crippen LogP contribution in [0.2, 0.25) is 0 Å². The Bertz CT molecular complexity index is 448. The number of carbonyl (C=O) groups is 1. The van der Waals surface area contributed by atoms with E-state index in [1.54, 1.807) is 0 Å². The van der Waals surface area contributed by atoms with Crippen molar-refractivity contribution in [2.45, 2.75) is 31.7 Å². The topological polar surface area (TPSA) is 29.1 Å². The maximum atomic E-state index is 12.0. The van der Waals surface area contributed by atoms with Crippen LogP contribution >= 0.6 is 0 Å². The van der Waals surface area contributed by atoms with Crippen molar-refractivity contribution in [3.05, 3.63) is 35.4 Å². The highest BCUT2D eigenvalue weighted by Gasteiger charge is 2.74. The fourth-order valence-corrected chi connectivity index (χ4v) is 3.06. The molecule has 0 heterocycles. The second-order valence-electron chi connectivity index (χ2n) is 5.61. The zero-order valence-electron chi connectivity index (χ0n) is 9.20. The Kier molecular flexibility index (Phi) is 1.47. The first-order valence-corrected chi connectivity index (χ1v) is 6.16. The van der Waals surface area contributed by atoms with Crippen LogP contribution in [0.15, 0.2) is 24.3 Å². The van der Waals surface area contributed by atoms with Gasteiger partial charge >= 0.3 is 0 Å². The van der Waals surface area contributed by atoms with Gasteiger partial charge in [0.05, 0.1) is 5.41 Å². The molecule has 2 heteroatoms. The van der Waals surface area contributed by atoms with Crippen molar-refractivity contribution < 1.29 is 4.79 Å². The number of rotatable bonds is 2. The molecule has 0 unspecified atom stereocenters. The van der Waals surface area contributed by atoms with E-state index in [-0.39, 0.29) is 5.41 Å². The molecule has 0 radical (unpaired) electrons. The quantitative estimate of drug-likeness (QED) is 0.795. The highest BCUT2D eigenvalue weighted by Crippen LogP contribution is 2.75. The van der Waals surface area contributed by atoms with Crippen LogP contribution < -0.4 is 5.32 Å². The van der Waals surface area contributed by atoms with Crippen molar-refractivity contribution in [3.8, 4) is 0 Å². The Morgan fingerprint density at radius 1 is 1.19 bits per heavy atom. The molecule has 0 bridgehead atoms. The summed E-state index contributed by atoms with van der Waals surface area (Å²) in [6, 6.07) is 8.87. The molecule has 82 valence electrons. The molecule has 1 aromatic carbocycles.